The number of hydrogen-bond donors (Lipinski definition) is 2. The Bertz CT molecular complexity index is 549. The minimum Gasteiger partial charge on any atom is -0.508 e. The lowest BCUT2D eigenvalue weighted by Crippen LogP contribution is -2.32. The van der Waals surface area contributed by atoms with Gasteiger partial charge in [-0.3, -0.25) is 4.68 Å². The van der Waals surface area contributed by atoms with E-state index in [4.69, 9.17) is 0 Å². The van der Waals surface area contributed by atoms with Crippen LogP contribution in [0.15, 0.2) is 24.5 Å². The highest BCUT2D eigenvalue weighted by Gasteiger charge is 2.24. The predicted molar refractivity (Wildman–Crippen MR) is 62.7 cm³/mol. The Balaban J connectivity index is 2.10. The van der Waals surface area contributed by atoms with Gasteiger partial charge in [-0.1, -0.05) is 6.07 Å². The molecule has 0 aliphatic carbocycles. The lowest BCUT2D eigenvalue weighted by atomic mass is 9.93. The first kappa shape index (κ1) is 10.3. The highest BCUT2D eigenvalue weighted by Crippen LogP contribution is 2.29. The van der Waals surface area contributed by atoms with E-state index in [0.717, 1.165) is 24.4 Å². The van der Waals surface area contributed by atoms with Crippen LogP contribution >= 0.6 is 0 Å². The van der Waals surface area contributed by atoms with Crippen molar-refractivity contribution < 1.29 is 5.11 Å². The Morgan fingerprint density at radius 2 is 2.35 bits per heavy atom. The maximum atomic E-state index is 9.60. The van der Waals surface area contributed by atoms with E-state index in [1.54, 1.807) is 23.1 Å². The summed E-state index contributed by atoms with van der Waals surface area (Å²) < 4.78 is 1.76. The van der Waals surface area contributed by atoms with Crippen LogP contribution in [0.5, 0.6) is 5.75 Å². The van der Waals surface area contributed by atoms with Gasteiger partial charge in [0.15, 0.2) is 0 Å². The Hall–Kier alpha value is -1.88. The highest BCUT2D eigenvalue weighted by molar-refractivity contribution is 5.41. The molecule has 1 atom stereocenters. The lowest BCUT2D eigenvalue weighted by molar-refractivity contribution is 0.467. The molecule has 2 heterocycles. The Morgan fingerprint density at radius 3 is 3.12 bits per heavy atom. The quantitative estimate of drug-likeness (QED) is 0.759. The van der Waals surface area contributed by atoms with E-state index in [-0.39, 0.29) is 6.04 Å². The minimum absolute atomic E-state index is 0.0124. The average molecular weight is 230 g/mol. The number of nitrogens with zero attached hydrogens (tertiary/aromatic N) is 3. The van der Waals surface area contributed by atoms with Crippen LogP contribution < -0.4 is 5.32 Å². The van der Waals surface area contributed by atoms with E-state index in [1.807, 2.05) is 13.1 Å². The summed E-state index contributed by atoms with van der Waals surface area (Å²) in [6.07, 6.45) is 2.53. The number of aromatic hydroxyl groups is 1. The van der Waals surface area contributed by atoms with Crippen LogP contribution in [-0.4, -0.2) is 26.4 Å². The Morgan fingerprint density at radius 1 is 1.47 bits per heavy atom. The van der Waals surface area contributed by atoms with Gasteiger partial charge in [0.2, 0.25) is 0 Å². The summed E-state index contributed by atoms with van der Waals surface area (Å²) in [7, 11) is 1.88. The molecule has 3 rings (SSSR count). The number of phenolic OH excluding ortho intramolecular Hbond substituents is 1. The zero-order valence-corrected chi connectivity index (χ0v) is 9.59. The van der Waals surface area contributed by atoms with Crippen LogP contribution in [-0.2, 0) is 13.5 Å². The number of nitrogens with one attached hydrogen (secondary N) is 1. The molecule has 1 aromatic carbocycles. The molecular weight excluding hydrogens is 216 g/mol. The van der Waals surface area contributed by atoms with Crippen molar-refractivity contribution in [3.05, 3.63) is 41.5 Å². The number of aromatic nitrogens is 3. The zero-order chi connectivity index (χ0) is 11.8. The van der Waals surface area contributed by atoms with Crippen LogP contribution in [0.2, 0.25) is 0 Å². The SMILES string of the molecule is Cn1ncnc1C1NCCc2ccc(O)cc21. The van der Waals surface area contributed by atoms with Crippen molar-refractivity contribution in [3.63, 3.8) is 0 Å². The lowest BCUT2D eigenvalue weighted by Gasteiger charge is -2.26. The summed E-state index contributed by atoms with van der Waals surface area (Å²) in [5.41, 5.74) is 2.35. The van der Waals surface area contributed by atoms with E-state index < -0.39 is 0 Å². The van der Waals surface area contributed by atoms with Crippen molar-refractivity contribution in [2.45, 2.75) is 12.5 Å². The fraction of sp³-hybridized carbons (Fsp3) is 0.333. The predicted octanol–water partition coefficient (Wildman–Crippen LogP) is 0.756. The maximum Gasteiger partial charge on any atom is 0.148 e. The fourth-order valence-electron chi connectivity index (χ4n) is 2.34. The molecule has 1 aromatic heterocycles. The van der Waals surface area contributed by atoms with Crippen molar-refractivity contribution in [2.24, 2.45) is 7.05 Å². The molecule has 0 bridgehead atoms. The van der Waals surface area contributed by atoms with Crippen molar-refractivity contribution in [3.8, 4) is 5.75 Å². The van der Waals surface area contributed by atoms with Gasteiger partial charge in [-0.15, -0.1) is 0 Å². The van der Waals surface area contributed by atoms with Crippen molar-refractivity contribution in [1.82, 2.24) is 20.1 Å². The van der Waals surface area contributed by atoms with Crippen LogP contribution in [0.1, 0.15) is 23.0 Å². The third kappa shape index (κ3) is 1.68. The van der Waals surface area contributed by atoms with Crippen LogP contribution in [0.4, 0.5) is 0 Å². The van der Waals surface area contributed by atoms with Crippen molar-refractivity contribution in [1.29, 1.82) is 0 Å². The summed E-state index contributed by atoms with van der Waals surface area (Å²) >= 11 is 0. The van der Waals surface area contributed by atoms with Crippen molar-refractivity contribution >= 4 is 0 Å². The van der Waals surface area contributed by atoms with Gasteiger partial charge in [-0.25, -0.2) is 4.98 Å². The number of phenols is 1. The van der Waals surface area contributed by atoms with E-state index in [2.05, 4.69) is 15.4 Å². The van der Waals surface area contributed by atoms with E-state index in [1.165, 1.54) is 5.56 Å². The first-order chi connectivity index (χ1) is 8.25. The van der Waals surface area contributed by atoms with Crippen LogP contribution in [0, 0.1) is 0 Å². The molecular formula is C12H14N4O. The van der Waals surface area contributed by atoms with E-state index in [9.17, 15) is 5.11 Å². The largest absolute Gasteiger partial charge is 0.508 e. The first-order valence-electron chi connectivity index (χ1n) is 5.65. The zero-order valence-electron chi connectivity index (χ0n) is 9.59. The summed E-state index contributed by atoms with van der Waals surface area (Å²) in [6.45, 7) is 0.912. The normalized spacial score (nSPS) is 19.0. The molecule has 0 fully saturated rings. The molecule has 88 valence electrons. The molecule has 5 heteroatoms. The van der Waals surface area contributed by atoms with Gasteiger partial charge in [-0.2, -0.15) is 5.10 Å². The molecule has 2 N–H and O–H groups in total. The van der Waals surface area contributed by atoms with Crippen molar-refractivity contribution in [2.75, 3.05) is 6.54 Å². The number of hydrogen-bond acceptors (Lipinski definition) is 4. The second-order valence-corrected chi connectivity index (χ2v) is 4.26. The maximum absolute atomic E-state index is 9.60. The summed E-state index contributed by atoms with van der Waals surface area (Å²) in [4.78, 5) is 4.28. The highest BCUT2D eigenvalue weighted by atomic mass is 16.3. The van der Waals surface area contributed by atoms with Gasteiger partial charge >= 0.3 is 0 Å². The van der Waals surface area contributed by atoms with E-state index >= 15 is 0 Å². The summed E-state index contributed by atoms with van der Waals surface area (Å²) in [5, 5.41) is 17.1. The fourth-order valence-corrected chi connectivity index (χ4v) is 2.34. The Labute approximate surface area is 99.1 Å². The van der Waals surface area contributed by atoms with Gasteiger partial charge < -0.3 is 10.4 Å². The third-order valence-electron chi connectivity index (χ3n) is 3.19. The van der Waals surface area contributed by atoms with E-state index in [0.29, 0.717) is 5.75 Å². The smallest absolute Gasteiger partial charge is 0.148 e. The first-order valence-corrected chi connectivity index (χ1v) is 5.65. The van der Waals surface area contributed by atoms with Gasteiger partial charge in [0.05, 0.1) is 6.04 Å². The number of aryl methyl sites for hydroxylation is 1. The Kier molecular flexibility index (Phi) is 2.33. The van der Waals surface area contributed by atoms with Gasteiger partial charge in [-0.05, 0) is 29.7 Å². The third-order valence-corrected chi connectivity index (χ3v) is 3.19. The molecule has 5 nitrogen and oxygen atoms in total. The molecule has 0 saturated carbocycles. The molecule has 0 spiro atoms. The van der Waals surface area contributed by atoms with Gasteiger partial charge in [0.1, 0.15) is 17.9 Å². The molecule has 2 aromatic rings. The van der Waals surface area contributed by atoms with Crippen LogP contribution in [0.3, 0.4) is 0 Å². The molecule has 1 aliphatic rings. The van der Waals surface area contributed by atoms with Gasteiger partial charge in [0.25, 0.3) is 0 Å². The molecule has 17 heavy (non-hydrogen) atoms. The molecule has 1 unspecified atom stereocenters. The molecule has 0 saturated heterocycles. The molecule has 0 amide bonds. The van der Waals surface area contributed by atoms with Crippen LogP contribution in [0.25, 0.3) is 0 Å². The monoisotopic (exact) mass is 230 g/mol. The summed E-state index contributed by atoms with van der Waals surface area (Å²) in [6, 6.07) is 5.53. The molecule has 1 aliphatic heterocycles. The second-order valence-electron chi connectivity index (χ2n) is 4.26. The standard InChI is InChI=1S/C12H14N4O/c1-16-12(14-7-15-16)11-10-6-9(17)3-2-8(10)4-5-13-11/h2-3,6-7,11,13,17H,4-5H2,1H3. The minimum atomic E-state index is 0.0124. The average Bonchev–Trinajstić information content (AvgIpc) is 2.74. The number of benzene rings is 1. The van der Waals surface area contributed by atoms with Gasteiger partial charge in [0, 0.05) is 13.6 Å². The summed E-state index contributed by atoms with van der Waals surface area (Å²) in [5.74, 6) is 1.16. The number of rotatable bonds is 1. The molecule has 0 radical (unpaired) electrons. The second kappa shape index (κ2) is 3.85. The number of fused-ring (bicyclic) bond motifs is 1. The topological polar surface area (TPSA) is 63.0 Å².